The van der Waals surface area contributed by atoms with Crippen molar-refractivity contribution < 1.29 is 0 Å². The number of hydrogen-bond donors (Lipinski definition) is 1. The van der Waals surface area contributed by atoms with Crippen molar-refractivity contribution >= 4 is 10.9 Å². The molecular weight excluding hydrogens is 302 g/mol. The molecule has 0 atom stereocenters. The number of pyridine rings is 1. The molecular formula is C19H15N3O2. The number of para-hydroxylation sites is 1. The molecule has 2 aromatic carbocycles. The van der Waals surface area contributed by atoms with Crippen LogP contribution in [0.5, 0.6) is 0 Å². The van der Waals surface area contributed by atoms with Gasteiger partial charge in [0.1, 0.15) is 0 Å². The largest absolute Gasteiger partial charge is 0.349 e. The van der Waals surface area contributed by atoms with Crippen LogP contribution >= 0.6 is 0 Å². The Hall–Kier alpha value is -3.21. The molecule has 118 valence electrons. The lowest BCUT2D eigenvalue weighted by atomic mass is 10.1. The summed E-state index contributed by atoms with van der Waals surface area (Å²) in [6.07, 6.45) is 0. The lowest BCUT2D eigenvalue weighted by Crippen LogP contribution is -2.27. The summed E-state index contributed by atoms with van der Waals surface area (Å²) in [5, 5.41) is 0.913. The molecule has 5 nitrogen and oxygen atoms in total. The van der Waals surface area contributed by atoms with E-state index in [2.05, 4.69) is 16.0 Å². The summed E-state index contributed by atoms with van der Waals surface area (Å²) in [5.74, 6) is 0.370. The Kier molecular flexibility index (Phi) is 3.09. The minimum atomic E-state index is -0.638. The smallest absolute Gasteiger partial charge is 0.293 e. The van der Waals surface area contributed by atoms with Crippen molar-refractivity contribution in [2.75, 3.05) is 0 Å². The molecule has 0 saturated heterocycles. The van der Waals surface area contributed by atoms with E-state index < -0.39 is 11.2 Å². The van der Waals surface area contributed by atoms with Crippen LogP contribution in [-0.4, -0.2) is 14.5 Å². The maximum absolute atomic E-state index is 12.3. The maximum Gasteiger partial charge on any atom is 0.349 e. The van der Waals surface area contributed by atoms with Crippen molar-refractivity contribution in [2.45, 2.75) is 13.8 Å². The van der Waals surface area contributed by atoms with Crippen LogP contribution in [-0.2, 0) is 0 Å². The van der Waals surface area contributed by atoms with Gasteiger partial charge in [0, 0.05) is 0 Å². The Morgan fingerprint density at radius 3 is 2.58 bits per heavy atom. The van der Waals surface area contributed by atoms with Crippen LogP contribution in [0, 0.1) is 13.8 Å². The molecule has 2 aromatic rings. The van der Waals surface area contributed by atoms with E-state index in [0.717, 1.165) is 27.7 Å². The van der Waals surface area contributed by atoms with Crippen molar-refractivity contribution in [3.8, 4) is 17.1 Å². The molecule has 0 unspecified atom stereocenters. The summed E-state index contributed by atoms with van der Waals surface area (Å²) in [5.41, 5.74) is 3.34. The summed E-state index contributed by atoms with van der Waals surface area (Å²) in [6, 6.07) is 15.6. The van der Waals surface area contributed by atoms with Crippen molar-refractivity contribution in [1.29, 1.82) is 0 Å². The topological polar surface area (TPSA) is 67.8 Å². The Morgan fingerprint density at radius 1 is 1.00 bits per heavy atom. The number of nitrogens with zero attached hydrogens (tertiary/aromatic N) is 2. The van der Waals surface area contributed by atoms with Crippen LogP contribution in [0.2, 0.25) is 0 Å². The number of nitrogens with one attached hydrogen (secondary N) is 1. The summed E-state index contributed by atoms with van der Waals surface area (Å²) < 4.78 is 1.88. The van der Waals surface area contributed by atoms with Crippen LogP contribution in [0.25, 0.3) is 28.0 Å². The molecule has 1 N–H and O–H groups in total. The number of benzene rings is 2. The Balaban J connectivity index is 2.26. The van der Waals surface area contributed by atoms with Gasteiger partial charge in [-0.2, -0.15) is 4.98 Å². The Labute approximate surface area is 137 Å². The van der Waals surface area contributed by atoms with E-state index >= 15 is 0 Å². The van der Waals surface area contributed by atoms with Gasteiger partial charge < -0.3 is 0 Å². The Bertz CT molecular complexity index is 1170. The second kappa shape index (κ2) is 5.16. The fraction of sp³-hybridized carbons (Fsp3) is 0.105. The van der Waals surface area contributed by atoms with Crippen molar-refractivity contribution in [3.63, 3.8) is 0 Å². The average molecular weight is 317 g/mol. The van der Waals surface area contributed by atoms with Crippen LogP contribution in [0.1, 0.15) is 11.1 Å². The summed E-state index contributed by atoms with van der Waals surface area (Å²) in [4.78, 5) is 30.4. The van der Waals surface area contributed by atoms with E-state index in [4.69, 9.17) is 0 Å². The first-order chi connectivity index (χ1) is 11.5. The number of rotatable bonds is 1. The molecule has 2 aliphatic heterocycles. The number of hydrogen-bond acceptors (Lipinski definition) is 3. The van der Waals surface area contributed by atoms with E-state index in [-0.39, 0.29) is 0 Å². The molecule has 0 bridgehead atoms. The molecule has 5 heteroatoms. The first kappa shape index (κ1) is 14.4. The van der Waals surface area contributed by atoms with E-state index in [1.54, 1.807) is 6.07 Å². The second-order valence-corrected chi connectivity index (χ2v) is 5.94. The highest BCUT2D eigenvalue weighted by Crippen LogP contribution is 2.29. The van der Waals surface area contributed by atoms with Crippen LogP contribution in [0.4, 0.5) is 0 Å². The van der Waals surface area contributed by atoms with E-state index in [9.17, 15) is 9.59 Å². The molecule has 24 heavy (non-hydrogen) atoms. The minimum absolute atomic E-state index is 0.370. The van der Waals surface area contributed by atoms with Gasteiger partial charge in [0.25, 0.3) is 5.56 Å². The molecule has 4 rings (SSSR count). The van der Waals surface area contributed by atoms with Gasteiger partial charge in [-0.15, -0.1) is 0 Å². The zero-order chi connectivity index (χ0) is 16.8. The zero-order valence-electron chi connectivity index (χ0n) is 13.3. The third-order valence-electron chi connectivity index (χ3n) is 4.20. The van der Waals surface area contributed by atoms with Crippen molar-refractivity contribution in [1.82, 2.24) is 14.5 Å². The number of aromatic nitrogens is 3. The standard InChI is InChI=1S/C19H15N3O2/c1-11-7-8-15(12(2)9-11)22-16-6-4-3-5-13(16)10-14-17(22)20-19(24)21-18(14)23/h3-10H,1-2H3,(H,21,23,24). The monoisotopic (exact) mass is 317 g/mol. The van der Waals surface area contributed by atoms with Gasteiger partial charge in [0.15, 0.2) is 5.82 Å². The molecule has 0 fully saturated rings. The fourth-order valence-electron chi connectivity index (χ4n) is 3.13. The van der Waals surface area contributed by atoms with E-state index in [1.807, 2.05) is 54.8 Å². The lowest BCUT2D eigenvalue weighted by Gasteiger charge is -2.19. The first-order valence-electron chi connectivity index (χ1n) is 7.67. The normalized spacial score (nSPS) is 11.2. The molecule has 0 amide bonds. The first-order valence-corrected chi connectivity index (χ1v) is 7.67. The van der Waals surface area contributed by atoms with Crippen LogP contribution < -0.4 is 11.2 Å². The molecule has 2 heterocycles. The Morgan fingerprint density at radius 2 is 1.79 bits per heavy atom. The van der Waals surface area contributed by atoms with Gasteiger partial charge in [0.2, 0.25) is 0 Å². The number of aromatic amines is 1. The van der Waals surface area contributed by atoms with Crippen molar-refractivity contribution in [3.05, 3.63) is 80.5 Å². The van der Waals surface area contributed by atoms with Gasteiger partial charge in [-0.05, 0) is 43.0 Å². The zero-order valence-corrected chi connectivity index (χ0v) is 13.3. The second-order valence-electron chi connectivity index (χ2n) is 5.94. The summed E-state index contributed by atoms with van der Waals surface area (Å²) >= 11 is 0. The number of H-pyrrole nitrogens is 1. The van der Waals surface area contributed by atoms with Gasteiger partial charge in [-0.3, -0.25) is 14.3 Å². The molecule has 0 radical (unpaired) electrons. The number of fused-ring (bicyclic) bond motifs is 2. The van der Waals surface area contributed by atoms with Gasteiger partial charge >= 0.3 is 5.69 Å². The lowest BCUT2D eigenvalue weighted by molar-refractivity contribution is 0.954. The number of aryl methyl sites for hydroxylation is 2. The third-order valence-corrected chi connectivity index (χ3v) is 4.20. The predicted molar refractivity (Wildman–Crippen MR) is 94.1 cm³/mol. The van der Waals surface area contributed by atoms with Crippen LogP contribution in [0.3, 0.4) is 0 Å². The highest BCUT2D eigenvalue weighted by atomic mass is 16.2. The molecule has 0 saturated carbocycles. The van der Waals surface area contributed by atoms with E-state index in [0.29, 0.717) is 11.4 Å². The SMILES string of the molecule is Cc1ccc(-n2c3nc(=O)[nH]c(=O)c-3cc3ccccc32)c(C)c1. The predicted octanol–water partition coefficient (Wildman–Crippen LogP) is 2.80. The molecule has 0 aromatic heterocycles. The molecule has 0 spiro atoms. The summed E-state index contributed by atoms with van der Waals surface area (Å²) in [6.45, 7) is 4.04. The quantitative estimate of drug-likeness (QED) is 0.549. The van der Waals surface area contributed by atoms with Gasteiger partial charge in [-0.1, -0.05) is 35.9 Å². The third kappa shape index (κ3) is 2.13. The van der Waals surface area contributed by atoms with Crippen molar-refractivity contribution in [2.24, 2.45) is 0 Å². The highest BCUT2D eigenvalue weighted by Gasteiger charge is 2.18. The maximum atomic E-state index is 12.3. The average Bonchev–Trinajstić information content (AvgIpc) is 2.54. The fourth-order valence-corrected chi connectivity index (χ4v) is 3.13. The van der Waals surface area contributed by atoms with Crippen LogP contribution in [0.15, 0.2) is 58.1 Å². The molecule has 0 aliphatic carbocycles. The minimum Gasteiger partial charge on any atom is -0.293 e. The summed E-state index contributed by atoms with van der Waals surface area (Å²) in [7, 11) is 0. The van der Waals surface area contributed by atoms with Gasteiger partial charge in [0.05, 0.1) is 16.8 Å². The highest BCUT2D eigenvalue weighted by molar-refractivity contribution is 5.87. The van der Waals surface area contributed by atoms with E-state index in [1.165, 1.54) is 0 Å². The molecule has 2 aliphatic rings. The van der Waals surface area contributed by atoms with Gasteiger partial charge in [-0.25, -0.2) is 4.79 Å².